The van der Waals surface area contributed by atoms with Gasteiger partial charge in [0.25, 0.3) is 5.79 Å². The average Bonchev–Trinajstić information content (AvgIpc) is 2.88. The van der Waals surface area contributed by atoms with Crippen LogP contribution in [0.15, 0.2) is 60.7 Å². The minimum Gasteiger partial charge on any atom is -0.437 e. The second-order valence-corrected chi connectivity index (χ2v) is 41.9. The molecular formula is C34H64O7Si6. The second kappa shape index (κ2) is 16.9. The Morgan fingerprint density at radius 1 is 0.532 bits per heavy atom. The van der Waals surface area contributed by atoms with Gasteiger partial charge in [-0.05, 0) is 117 Å². The number of Topliss-reactive ketones (excluding diaryl/α,β-unsaturated/α-hetero) is 1. The summed E-state index contributed by atoms with van der Waals surface area (Å²) in [4.78, 5) is 14.4. The number of hydrogen-bond acceptors (Lipinski definition) is 7. The molecule has 2 aromatic carbocycles. The summed E-state index contributed by atoms with van der Waals surface area (Å²) in [6, 6.07) is 20.8. The SMILES string of the molecule is C[Si](C)(C)O[Si](C)(C)O[Si](C)(C)CCCOC(OCCC[Si](C)(C)O[Si](C)(C)O[Si](C)(C)C)(C(=O)c1ccccc1)c1ccccc1. The summed E-state index contributed by atoms with van der Waals surface area (Å²) in [5, 5.41) is 0. The van der Waals surface area contributed by atoms with Gasteiger partial charge in [0.2, 0.25) is 5.78 Å². The lowest BCUT2D eigenvalue weighted by atomic mass is 9.95. The Morgan fingerprint density at radius 3 is 1.26 bits per heavy atom. The molecule has 0 spiro atoms. The van der Waals surface area contributed by atoms with Crippen LogP contribution in [-0.4, -0.2) is 69.4 Å². The highest BCUT2D eigenvalue weighted by Crippen LogP contribution is 2.34. The molecule has 0 atom stereocenters. The molecule has 0 aromatic heterocycles. The van der Waals surface area contributed by atoms with Crippen LogP contribution in [0, 0.1) is 0 Å². The van der Waals surface area contributed by atoms with E-state index in [-0.39, 0.29) is 5.78 Å². The molecule has 0 N–H and O–H groups in total. The molecule has 2 aromatic rings. The van der Waals surface area contributed by atoms with Gasteiger partial charge in [0.05, 0.1) is 13.2 Å². The number of carbonyl (C=O) groups is 1. The van der Waals surface area contributed by atoms with E-state index in [1.807, 2.05) is 60.7 Å². The fourth-order valence-corrected chi connectivity index (χ4v) is 32.6. The first-order valence-electron chi connectivity index (χ1n) is 17.1. The molecule has 0 fully saturated rings. The van der Waals surface area contributed by atoms with E-state index in [2.05, 4.69) is 91.7 Å². The Kier molecular flexibility index (Phi) is 15.2. The summed E-state index contributed by atoms with van der Waals surface area (Å²) < 4.78 is 39.7. The maximum atomic E-state index is 14.4. The Bertz CT molecular complexity index is 1190. The molecule has 7 nitrogen and oxygen atoms in total. The first-order chi connectivity index (χ1) is 21.4. The van der Waals surface area contributed by atoms with Crippen molar-refractivity contribution in [2.24, 2.45) is 0 Å². The zero-order chi connectivity index (χ0) is 35.8. The Labute approximate surface area is 293 Å². The largest absolute Gasteiger partial charge is 0.437 e. The topological polar surface area (TPSA) is 72.5 Å². The monoisotopic (exact) mass is 752 g/mol. The molecule has 0 amide bonds. The average molecular weight is 753 g/mol. The van der Waals surface area contributed by atoms with Crippen molar-refractivity contribution in [3.05, 3.63) is 71.8 Å². The third-order valence-corrected chi connectivity index (χ3v) is 27.4. The van der Waals surface area contributed by atoms with Gasteiger partial charge in [-0.2, -0.15) is 0 Å². The molecule has 0 saturated heterocycles. The lowest BCUT2D eigenvalue weighted by Crippen LogP contribution is -2.51. The Morgan fingerprint density at radius 2 is 0.894 bits per heavy atom. The maximum absolute atomic E-state index is 14.4. The van der Waals surface area contributed by atoms with Gasteiger partial charge < -0.3 is 25.9 Å². The smallest absolute Gasteiger partial charge is 0.311 e. The van der Waals surface area contributed by atoms with Gasteiger partial charge in [-0.25, -0.2) is 0 Å². The van der Waals surface area contributed by atoms with Crippen LogP contribution in [0.1, 0.15) is 28.8 Å². The van der Waals surface area contributed by atoms with E-state index in [1.165, 1.54) is 0 Å². The highest BCUT2D eigenvalue weighted by molar-refractivity contribution is 6.88. The normalized spacial score (nSPS) is 14.0. The molecule has 0 bridgehead atoms. The standard InChI is InChI=1S/C34H64O7Si6/c1-42(2,3)38-46(11,12)40-44(7,8)29-21-27-36-34(32-25-19-16-20-26-32,33(35)31-23-17-15-18-24-31)37-28-22-30-45(9,10)41-47(13,14)39-43(4,5)6/h15-20,23-26H,21-22,27-30H2,1-14H3. The quantitative estimate of drug-likeness (QED) is 0.0544. The molecule has 0 aliphatic rings. The zero-order valence-corrected chi connectivity index (χ0v) is 37.9. The predicted molar refractivity (Wildman–Crippen MR) is 211 cm³/mol. The molecule has 0 heterocycles. The van der Waals surface area contributed by atoms with E-state index in [1.54, 1.807) is 0 Å². The molecule has 47 heavy (non-hydrogen) atoms. The number of ketones is 1. The number of rotatable bonds is 21. The number of ether oxygens (including phenoxy) is 2. The van der Waals surface area contributed by atoms with E-state index < -0.39 is 56.2 Å². The van der Waals surface area contributed by atoms with Crippen molar-refractivity contribution in [1.82, 2.24) is 0 Å². The van der Waals surface area contributed by atoms with Crippen LogP contribution in [-0.2, 0) is 31.7 Å². The Balaban J connectivity index is 2.25. The Hall–Kier alpha value is -0.829. The maximum Gasteiger partial charge on any atom is 0.311 e. The fourth-order valence-electron chi connectivity index (χ4n) is 6.28. The van der Waals surface area contributed by atoms with Gasteiger partial charge in [0.1, 0.15) is 0 Å². The van der Waals surface area contributed by atoms with Gasteiger partial charge in [-0.15, -0.1) is 0 Å². The number of hydrogen-bond donors (Lipinski definition) is 0. The van der Waals surface area contributed by atoms with Gasteiger partial charge in [-0.3, -0.25) is 4.79 Å². The van der Waals surface area contributed by atoms with Crippen LogP contribution >= 0.6 is 0 Å². The van der Waals surface area contributed by atoms with Crippen LogP contribution in [0.5, 0.6) is 0 Å². The van der Waals surface area contributed by atoms with Crippen molar-refractivity contribution >= 4 is 56.2 Å². The molecule has 0 aliphatic heterocycles. The highest BCUT2D eigenvalue weighted by atomic mass is 28.5. The molecule has 13 heteroatoms. The van der Waals surface area contributed by atoms with E-state index >= 15 is 0 Å². The minimum atomic E-state index is -2.26. The lowest BCUT2D eigenvalue weighted by Gasteiger charge is -2.38. The van der Waals surface area contributed by atoms with E-state index in [4.69, 9.17) is 25.9 Å². The molecule has 266 valence electrons. The summed E-state index contributed by atoms with van der Waals surface area (Å²) in [6.45, 7) is 31.6. The predicted octanol–water partition coefficient (Wildman–Crippen LogP) is 10.1. The van der Waals surface area contributed by atoms with Crippen LogP contribution in [0.3, 0.4) is 0 Å². The fraction of sp³-hybridized carbons (Fsp3) is 0.618. The first-order valence-corrected chi connectivity index (χ1v) is 35.8. The van der Waals surface area contributed by atoms with Crippen molar-refractivity contribution in [3.8, 4) is 0 Å². The molecule has 0 aliphatic carbocycles. The van der Waals surface area contributed by atoms with Gasteiger partial charge in [-0.1, -0.05) is 60.7 Å². The van der Waals surface area contributed by atoms with E-state index in [0.29, 0.717) is 24.3 Å². The van der Waals surface area contributed by atoms with Crippen molar-refractivity contribution in [2.45, 2.75) is 122 Å². The van der Waals surface area contributed by atoms with Crippen LogP contribution in [0.25, 0.3) is 0 Å². The molecule has 2 rings (SSSR count). The second-order valence-electron chi connectivity index (χ2n) is 16.5. The van der Waals surface area contributed by atoms with Crippen LogP contribution < -0.4 is 0 Å². The van der Waals surface area contributed by atoms with Gasteiger partial charge >= 0.3 is 17.1 Å². The number of benzene rings is 2. The summed E-state index contributed by atoms with van der Waals surface area (Å²) in [5.41, 5.74) is 1.25. The van der Waals surface area contributed by atoms with Crippen LogP contribution in [0.4, 0.5) is 0 Å². The van der Waals surface area contributed by atoms with Crippen LogP contribution in [0.2, 0.25) is 104 Å². The summed E-state index contributed by atoms with van der Waals surface area (Å²) in [7, 11) is -12.1. The van der Waals surface area contributed by atoms with Gasteiger partial charge in [0.15, 0.2) is 33.3 Å². The third-order valence-electron chi connectivity index (χ3n) is 7.09. The zero-order valence-electron chi connectivity index (χ0n) is 31.9. The molecule has 0 saturated carbocycles. The summed E-state index contributed by atoms with van der Waals surface area (Å²) in [5.74, 6) is -1.76. The third kappa shape index (κ3) is 15.7. The van der Waals surface area contributed by atoms with E-state index in [9.17, 15) is 4.79 Å². The van der Waals surface area contributed by atoms with Crippen molar-refractivity contribution < 1.29 is 30.7 Å². The van der Waals surface area contributed by atoms with Gasteiger partial charge in [0, 0.05) is 11.1 Å². The molecule has 0 radical (unpaired) electrons. The molecule has 0 unspecified atom stereocenters. The van der Waals surface area contributed by atoms with Crippen molar-refractivity contribution in [2.75, 3.05) is 13.2 Å². The summed E-state index contributed by atoms with van der Waals surface area (Å²) >= 11 is 0. The molecular weight excluding hydrogens is 689 g/mol. The number of carbonyl (C=O) groups excluding carboxylic acids is 1. The highest BCUT2D eigenvalue weighted by Gasteiger charge is 2.44. The lowest BCUT2D eigenvalue weighted by molar-refractivity contribution is -0.209. The first kappa shape index (κ1) is 42.3. The summed E-state index contributed by atoms with van der Waals surface area (Å²) in [6.07, 6.45) is 1.50. The minimum absolute atomic E-state index is 0.195. The van der Waals surface area contributed by atoms with Crippen molar-refractivity contribution in [1.29, 1.82) is 0 Å². The van der Waals surface area contributed by atoms with Crippen molar-refractivity contribution in [3.63, 3.8) is 0 Å². The van der Waals surface area contributed by atoms with E-state index in [0.717, 1.165) is 24.9 Å².